The molecule has 3 N–H and O–H groups in total. The topological polar surface area (TPSA) is 116 Å². The molecule has 32 heavy (non-hydrogen) atoms. The number of benzene rings is 2. The number of halogens is 1. The van der Waals surface area contributed by atoms with E-state index < -0.39 is 6.03 Å². The Morgan fingerprint density at radius 2 is 1.84 bits per heavy atom. The summed E-state index contributed by atoms with van der Waals surface area (Å²) in [6, 6.07) is 16.0. The van der Waals surface area contributed by atoms with Crippen LogP contribution in [0.15, 0.2) is 76.6 Å². The van der Waals surface area contributed by atoms with Crippen LogP contribution < -0.4 is 20.9 Å². The lowest BCUT2D eigenvalue weighted by Gasteiger charge is -2.20. The lowest BCUT2D eigenvalue weighted by atomic mass is 10.2. The van der Waals surface area contributed by atoms with E-state index in [0.29, 0.717) is 28.6 Å². The first-order chi connectivity index (χ1) is 15.5. The van der Waals surface area contributed by atoms with Crippen molar-refractivity contribution in [1.29, 1.82) is 0 Å². The van der Waals surface area contributed by atoms with Gasteiger partial charge in [0, 0.05) is 24.3 Å². The Kier molecular flexibility index (Phi) is 7.60. The molecule has 3 amide bonds. The molecule has 0 aliphatic heterocycles. The maximum absolute atomic E-state index is 11.9. The standard InChI is InChI=1S/C22H20ClN5O4/c1-24-22(31)27-21(28(14-29)13-15-2-4-16(23)5-3-15)26-17-6-8-18(9-7-17)32-19-10-11-25-20(30)12-19/h2-12,14H,13H2,1H3,(H,25,30)(H2,24,26,27,31). The van der Waals surface area contributed by atoms with Crippen LogP contribution in [0.25, 0.3) is 0 Å². The lowest BCUT2D eigenvalue weighted by molar-refractivity contribution is -0.115. The highest BCUT2D eigenvalue weighted by Gasteiger charge is 2.14. The summed E-state index contributed by atoms with van der Waals surface area (Å²) >= 11 is 5.91. The zero-order valence-corrected chi connectivity index (χ0v) is 17.8. The summed E-state index contributed by atoms with van der Waals surface area (Å²) in [7, 11) is 1.46. The van der Waals surface area contributed by atoms with Crippen LogP contribution in [-0.4, -0.2) is 35.3 Å². The van der Waals surface area contributed by atoms with Gasteiger partial charge in [0.25, 0.3) is 5.56 Å². The van der Waals surface area contributed by atoms with Crippen molar-refractivity contribution in [2.75, 3.05) is 7.05 Å². The lowest BCUT2D eigenvalue weighted by Crippen LogP contribution is -2.46. The normalized spacial score (nSPS) is 10.9. The fourth-order valence-corrected chi connectivity index (χ4v) is 2.74. The van der Waals surface area contributed by atoms with Gasteiger partial charge in [-0.3, -0.25) is 19.8 Å². The van der Waals surface area contributed by atoms with E-state index >= 15 is 0 Å². The van der Waals surface area contributed by atoms with Gasteiger partial charge in [0.15, 0.2) is 0 Å². The van der Waals surface area contributed by atoms with Crippen LogP contribution in [0.4, 0.5) is 10.5 Å². The maximum Gasteiger partial charge on any atom is 0.321 e. The van der Waals surface area contributed by atoms with Crippen molar-refractivity contribution in [1.82, 2.24) is 20.5 Å². The van der Waals surface area contributed by atoms with Crippen molar-refractivity contribution in [2.24, 2.45) is 4.99 Å². The number of aromatic nitrogens is 1. The average Bonchev–Trinajstić information content (AvgIpc) is 2.79. The molecule has 0 spiro atoms. The Morgan fingerprint density at radius 3 is 2.47 bits per heavy atom. The molecule has 10 heteroatoms. The number of nitrogens with zero attached hydrogens (tertiary/aromatic N) is 2. The molecule has 2 aromatic carbocycles. The fourth-order valence-electron chi connectivity index (χ4n) is 2.61. The van der Waals surface area contributed by atoms with Crippen LogP contribution in [0, 0.1) is 0 Å². The first kappa shape index (κ1) is 22.6. The molecule has 0 bridgehead atoms. The number of H-pyrrole nitrogens is 1. The van der Waals surface area contributed by atoms with E-state index in [0.717, 1.165) is 5.56 Å². The summed E-state index contributed by atoms with van der Waals surface area (Å²) in [5.74, 6) is 0.920. The Bertz CT molecular complexity index is 1160. The average molecular weight is 454 g/mol. The predicted molar refractivity (Wildman–Crippen MR) is 121 cm³/mol. The van der Waals surface area contributed by atoms with Crippen LogP contribution >= 0.6 is 11.6 Å². The van der Waals surface area contributed by atoms with Gasteiger partial charge in [-0.05, 0) is 48.0 Å². The molecule has 0 fully saturated rings. The van der Waals surface area contributed by atoms with E-state index in [1.54, 1.807) is 54.6 Å². The van der Waals surface area contributed by atoms with Crippen LogP contribution in [0.1, 0.15) is 5.56 Å². The van der Waals surface area contributed by atoms with Gasteiger partial charge in [-0.15, -0.1) is 0 Å². The number of hydrogen-bond donors (Lipinski definition) is 3. The number of rotatable bonds is 6. The monoisotopic (exact) mass is 453 g/mol. The number of amides is 3. The molecule has 1 aromatic heterocycles. The van der Waals surface area contributed by atoms with Crippen molar-refractivity contribution in [3.8, 4) is 11.5 Å². The van der Waals surface area contributed by atoms with Gasteiger partial charge in [-0.1, -0.05) is 23.7 Å². The molecule has 164 valence electrons. The molecule has 0 radical (unpaired) electrons. The van der Waals surface area contributed by atoms with E-state index in [2.05, 4.69) is 20.6 Å². The number of nitrogens with one attached hydrogen (secondary N) is 3. The van der Waals surface area contributed by atoms with Gasteiger partial charge >= 0.3 is 6.03 Å². The number of carbonyl (C=O) groups excluding carboxylic acids is 2. The minimum atomic E-state index is -0.527. The second-order valence-electron chi connectivity index (χ2n) is 6.48. The van der Waals surface area contributed by atoms with E-state index in [1.165, 1.54) is 24.2 Å². The van der Waals surface area contributed by atoms with Crippen molar-refractivity contribution >= 4 is 35.7 Å². The summed E-state index contributed by atoms with van der Waals surface area (Å²) in [5.41, 5.74) is 0.996. The quantitative estimate of drug-likeness (QED) is 0.301. The van der Waals surface area contributed by atoms with Crippen molar-refractivity contribution < 1.29 is 14.3 Å². The molecular formula is C22H20ClN5O4. The van der Waals surface area contributed by atoms with Gasteiger partial charge < -0.3 is 15.0 Å². The largest absolute Gasteiger partial charge is 0.457 e. The first-order valence-electron chi connectivity index (χ1n) is 9.47. The number of aromatic amines is 1. The van der Waals surface area contributed by atoms with Crippen molar-refractivity contribution in [2.45, 2.75) is 6.54 Å². The zero-order valence-electron chi connectivity index (χ0n) is 17.0. The summed E-state index contributed by atoms with van der Waals surface area (Å²) in [6.45, 7) is 0.174. The van der Waals surface area contributed by atoms with Crippen molar-refractivity contribution in [3.05, 3.63) is 87.8 Å². The van der Waals surface area contributed by atoms with Gasteiger partial charge in [0.05, 0.1) is 12.2 Å². The molecule has 0 aliphatic rings. The van der Waals surface area contributed by atoms with Gasteiger partial charge in [-0.2, -0.15) is 0 Å². The summed E-state index contributed by atoms with van der Waals surface area (Å²) in [6.07, 6.45) is 2.07. The first-order valence-corrected chi connectivity index (χ1v) is 9.85. The van der Waals surface area contributed by atoms with Crippen LogP contribution in [-0.2, 0) is 11.3 Å². The van der Waals surface area contributed by atoms with E-state index in [1.807, 2.05) is 0 Å². The third-order valence-corrected chi connectivity index (χ3v) is 4.42. The third-order valence-electron chi connectivity index (χ3n) is 4.17. The van der Waals surface area contributed by atoms with Crippen LogP contribution in [0.2, 0.25) is 5.02 Å². The van der Waals surface area contributed by atoms with Gasteiger partial charge in [0.2, 0.25) is 12.4 Å². The molecule has 0 unspecified atom stereocenters. The van der Waals surface area contributed by atoms with E-state index in [9.17, 15) is 14.4 Å². The van der Waals surface area contributed by atoms with Crippen LogP contribution in [0.3, 0.4) is 0 Å². The highest BCUT2D eigenvalue weighted by molar-refractivity contribution is 6.30. The molecule has 0 atom stereocenters. The molecule has 3 rings (SSSR count). The highest BCUT2D eigenvalue weighted by atomic mass is 35.5. The Balaban J connectivity index is 1.82. The van der Waals surface area contributed by atoms with E-state index in [-0.39, 0.29) is 18.1 Å². The Labute approximate surface area is 188 Å². The third kappa shape index (κ3) is 6.44. The fraction of sp³-hybridized carbons (Fsp3) is 0.0909. The number of hydrogen-bond acceptors (Lipinski definition) is 5. The number of pyridine rings is 1. The number of ether oxygens (including phenoxy) is 1. The molecule has 0 saturated carbocycles. The summed E-state index contributed by atoms with van der Waals surface area (Å²) in [4.78, 5) is 43.2. The van der Waals surface area contributed by atoms with Gasteiger partial charge in [0.1, 0.15) is 11.5 Å². The molecule has 3 aromatic rings. The zero-order chi connectivity index (χ0) is 22.9. The Morgan fingerprint density at radius 1 is 1.12 bits per heavy atom. The molecular weight excluding hydrogens is 434 g/mol. The number of urea groups is 1. The smallest absolute Gasteiger partial charge is 0.321 e. The Hall–Kier alpha value is -4.11. The number of carbonyl (C=O) groups is 2. The number of aliphatic imine (C=N–C) groups is 1. The predicted octanol–water partition coefficient (Wildman–Crippen LogP) is 3.40. The van der Waals surface area contributed by atoms with Crippen molar-refractivity contribution in [3.63, 3.8) is 0 Å². The molecule has 0 aliphatic carbocycles. The van der Waals surface area contributed by atoms with Crippen LogP contribution in [0.5, 0.6) is 11.5 Å². The minimum Gasteiger partial charge on any atom is -0.457 e. The maximum atomic E-state index is 11.9. The van der Waals surface area contributed by atoms with E-state index in [4.69, 9.17) is 16.3 Å². The second-order valence-corrected chi connectivity index (χ2v) is 6.92. The second kappa shape index (κ2) is 10.8. The summed E-state index contributed by atoms with van der Waals surface area (Å²) in [5, 5.41) is 5.57. The molecule has 1 heterocycles. The minimum absolute atomic E-state index is 0.0394. The summed E-state index contributed by atoms with van der Waals surface area (Å²) < 4.78 is 5.63. The SMILES string of the molecule is CNC(=O)NC(=Nc1ccc(Oc2cc[nH]c(=O)c2)cc1)N(C=O)Cc1ccc(Cl)cc1. The highest BCUT2D eigenvalue weighted by Crippen LogP contribution is 2.23. The number of guanidine groups is 1. The van der Waals surface area contributed by atoms with Gasteiger partial charge in [-0.25, -0.2) is 9.79 Å². The molecule has 9 nitrogen and oxygen atoms in total. The molecule has 0 saturated heterocycles.